The van der Waals surface area contributed by atoms with E-state index in [-0.39, 0.29) is 11.9 Å². The molecule has 1 rings (SSSR count). The molecule has 0 fully saturated rings. The van der Waals surface area contributed by atoms with Gasteiger partial charge in [0.2, 0.25) is 0 Å². The van der Waals surface area contributed by atoms with Crippen LogP contribution in [0, 0.1) is 0 Å². The summed E-state index contributed by atoms with van der Waals surface area (Å²) in [6, 6.07) is 5.46. The highest BCUT2D eigenvalue weighted by atomic mass is 79.9. The third kappa shape index (κ3) is 5.64. The number of anilines is 1. The summed E-state index contributed by atoms with van der Waals surface area (Å²) in [5, 5.41) is 3.02. The Morgan fingerprint density at radius 3 is 2.79 bits per heavy atom. The molecule has 1 unspecified atom stereocenters. The van der Waals surface area contributed by atoms with Crippen LogP contribution in [0.15, 0.2) is 22.7 Å². The summed E-state index contributed by atoms with van der Waals surface area (Å²) < 4.78 is 0.775. The molecule has 0 bridgehead atoms. The van der Waals surface area contributed by atoms with E-state index in [1.165, 1.54) is 19.3 Å². The van der Waals surface area contributed by atoms with Crippen molar-refractivity contribution in [3.63, 3.8) is 0 Å². The van der Waals surface area contributed by atoms with Gasteiger partial charge in [-0.05, 0) is 47.5 Å². The third-order valence-corrected chi connectivity index (χ3v) is 3.79. The average Bonchev–Trinajstić information content (AvgIpc) is 2.37. The van der Waals surface area contributed by atoms with Gasteiger partial charge in [0.15, 0.2) is 0 Å². The van der Waals surface area contributed by atoms with Gasteiger partial charge < -0.3 is 11.1 Å². The molecule has 1 amide bonds. The van der Waals surface area contributed by atoms with Gasteiger partial charge in [0, 0.05) is 16.2 Å². The van der Waals surface area contributed by atoms with Crippen LogP contribution in [0.4, 0.5) is 5.69 Å². The Labute approximate surface area is 124 Å². The van der Waals surface area contributed by atoms with E-state index in [1.807, 2.05) is 6.92 Å². The molecule has 1 aromatic carbocycles. The van der Waals surface area contributed by atoms with Crippen molar-refractivity contribution in [2.75, 3.05) is 5.73 Å². The van der Waals surface area contributed by atoms with Crippen molar-refractivity contribution >= 4 is 27.5 Å². The Balaban J connectivity index is 2.47. The number of benzene rings is 1. The second kappa shape index (κ2) is 8.20. The Bertz CT molecular complexity index is 421. The molecule has 0 heterocycles. The minimum atomic E-state index is -0.0674. The molecule has 19 heavy (non-hydrogen) atoms. The summed E-state index contributed by atoms with van der Waals surface area (Å²) in [4.78, 5) is 12.1. The van der Waals surface area contributed by atoms with E-state index in [9.17, 15) is 4.79 Å². The fourth-order valence-electron chi connectivity index (χ4n) is 1.97. The lowest BCUT2D eigenvalue weighted by Gasteiger charge is -2.14. The number of hydrogen-bond acceptors (Lipinski definition) is 2. The Hall–Kier alpha value is -1.03. The maximum absolute atomic E-state index is 12.1. The number of nitrogen functional groups attached to an aromatic ring is 1. The number of halogens is 1. The number of nitrogens with one attached hydrogen (secondary N) is 1. The van der Waals surface area contributed by atoms with E-state index in [2.05, 4.69) is 28.2 Å². The number of nitrogens with two attached hydrogens (primary N) is 1. The van der Waals surface area contributed by atoms with Gasteiger partial charge in [-0.2, -0.15) is 0 Å². The van der Waals surface area contributed by atoms with E-state index in [4.69, 9.17) is 5.73 Å². The van der Waals surface area contributed by atoms with Crippen molar-refractivity contribution in [2.45, 2.75) is 52.0 Å². The van der Waals surface area contributed by atoms with Crippen LogP contribution in [0.25, 0.3) is 0 Å². The molecular weight excluding hydrogens is 304 g/mol. The van der Waals surface area contributed by atoms with Crippen LogP contribution in [-0.2, 0) is 0 Å². The van der Waals surface area contributed by atoms with Gasteiger partial charge in [0.25, 0.3) is 5.91 Å². The SMILES string of the molecule is CCCCCCC(C)NC(=O)c1cc(N)ccc1Br. The van der Waals surface area contributed by atoms with Gasteiger partial charge in [0.05, 0.1) is 5.56 Å². The number of carbonyl (C=O) groups excluding carboxylic acids is 1. The van der Waals surface area contributed by atoms with Crippen LogP contribution in [0.3, 0.4) is 0 Å². The lowest BCUT2D eigenvalue weighted by atomic mass is 10.1. The number of rotatable bonds is 7. The Morgan fingerprint density at radius 2 is 2.11 bits per heavy atom. The molecule has 0 saturated carbocycles. The van der Waals surface area contributed by atoms with Crippen LogP contribution < -0.4 is 11.1 Å². The molecule has 4 heteroatoms. The highest BCUT2D eigenvalue weighted by Gasteiger charge is 2.12. The monoisotopic (exact) mass is 326 g/mol. The zero-order valence-electron chi connectivity index (χ0n) is 11.7. The number of amides is 1. The topological polar surface area (TPSA) is 55.1 Å². The van der Waals surface area contributed by atoms with Crippen molar-refractivity contribution in [1.82, 2.24) is 5.32 Å². The van der Waals surface area contributed by atoms with Crippen molar-refractivity contribution in [1.29, 1.82) is 0 Å². The van der Waals surface area contributed by atoms with Gasteiger partial charge >= 0.3 is 0 Å². The highest BCUT2D eigenvalue weighted by molar-refractivity contribution is 9.10. The van der Waals surface area contributed by atoms with Gasteiger partial charge in [-0.3, -0.25) is 4.79 Å². The van der Waals surface area contributed by atoms with E-state index < -0.39 is 0 Å². The molecule has 0 aliphatic carbocycles. The first-order chi connectivity index (χ1) is 9.04. The molecule has 0 radical (unpaired) electrons. The van der Waals surface area contributed by atoms with Crippen LogP contribution in [0.2, 0.25) is 0 Å². The summed E-state index contributed by atoms with van der Waals surface area (Å²) in [6.45, 7) is 4.24. The number of hydrogen-bond donors (Lipinski definition) is 2. The van der Waals surface area contributed by atoms with E-state index in [0.717, 1.165) is 17.3 Å². The van der Waals surface area contributed by atoms with Gasteiger partial charge in [0.1, 0.15) is 0 Å². The molecule has 3 N–H and O–H groups in total. The summed E-state index contributed by atoms with van der Waals surface area (Å²) in [6.07, 6.45) is 5.91. The maximum atomic E-state index is 12.1. The Kier molecular flexibility index (Phi) is 6.92. The summed E-state index contributed by atoms with van der Waals surface area (Å²) in [5.41, 5.74) is 6.91. The predicted octanol–water partition coefficient (Wildman–Crippen LogP) is 4.12. The number of carbonyl (C=O) groups is 1. The molecule has 1 atom stereocenters. The largest absolute Gasteiger partial charge is 0.399 e. The third-order valence-electron chi connectivity index (χ3n) is 3.10. The van der Waals surface area contributed by atoms with Crippen molar-refractivity contribution in [2.24, 2.45) is 0 Å². The zero-order chi connectivity index (χ0) is 14.3. The zero-order valence-corrected chi connectivity index (χ0v) is 13.3. The fourth-order valence-corrected chi connectivity index (χ4v) is 2.39. The van der Waals surface area contributed by atoms with Gasteiger partial charge in [-0.1, -0.05) is 32.6 Å². The van der Waals surface area contributed by atoms with Crippen molar-refractivity contribution in [3.05, 3.63) is 28.2 Å². The molecule has 0 spiro atoms. The fraction of sp³-hybridized carbons (Fsp3) is 0.533. The first kappa shape index (κ1) is 16.0. The highest BCUT2D eigenvalue weighted by Crippen LogP contribution is 2.19. The molecule has 0 aromatic heterocycles. The molecule has 1 aromatic rings. The quantitative estimate of drug-likeness (QED) is 0.585. The molecule has 3 nitrogen and oxygen atoms in total. The minimum Gasteiger partial charge on any atom is -0.399 e. The van der Waals surface area contributed by atoms with E-state index in [1.54, 1.807) is 18.2 Å². The standard InChI is InChI=1S/C15H23BrN2O/c1-3-4-5-6-7-11(2)18-15(19)13-10-12(17)8-9-14(13)16/h8-11H,3-7,17H2,1-2H3,(H,18,19). The van der Waals surface area contributed by atoms with Crippen LogP contribution in [0.1, 0.15) is 56.3 Å². The summed E-state index contributed by atoms with van der Waals surface area (Å²) in [5.74, 6) is -0.0674. The van der Waals surface area contributed by atoms with Crippen LogP contribution in [0.5, 0.6) is 0 Å². The van der Waals surface area contributed by atoms with Crippen molar-refractivity contribution in [3.8, 4) is 0 Å². The molecule has 106 valence electrons. The maximum Gasteiger partial charge on any atom is 0.252 e. The van der Waals surface area contributed by atoms with Crippen LogP contribution >= 0.6 is 15.9 Å². The van der Waals surface area contributed by atoms with Gasteiger partial charge in [-0.15, -0.1) is 0 Å². The first-order valence-corrected chi connectivity index (χ1v) is 7.69. The summed E-state index contributed by atoms with van der Waals surface area (Å²) >= 11 is 3.38. The lowest BCUT2D eigenvalue weighted by molar-refractivity contribution is 0.0937. The first-order valence-electron chi connectivity index (χ1n) is 6.90. The second-order valence-corrected chi connectivity index (χ2v) is 5.82. The molecule has 0 aliphatic heterocycles. The van der Waals surface area contributed by atoms with Crippen molar-refractivity contribution < 1.29 is 4.79 Å². The normalized spacial score (nSPS) is 12.2. The van der Waals surface area contributed by atoms with Gasteiger partial charge in [-0.25, -0.2) is 0 Å². The Morgan fingerprint density at radius 1 is 1.37 bits per heavy atom. The van der Waals surface area contributed by atoms with E-state index >= 15 is 0 Å². The van der Waals surface area contributed by atoms with Crippen LogP contribution in [-0.4, -0.2) is 11.9 Å². The summed E-state index contributed by atoms with van der Waals surface area (Å²) in [7, 11) is 0. The lowest BCUT2D eigenvalue weighted by Crippen LogP contribution is -2.32. The molecule has 0 aliphatic rings. The predicted molar refractivity (Wildman–Crippen MR) is 84.2 cm³/mol. The van der Waals surface area contributed by atoms with E-state index in [0.29, 0.717) is 11.3 Å². The second-order valence-electron chi connectivity index (χ2n) is 4.96. The minimum absolute atomic E-state index is 0.0674. The number of unbranched alkanes of at least 4 members (excludes halogenated alkanes) is 3. The molecular formula is C15H23BrN2O. The molecule has 0 saturated heterocycles. The average molecular weight is 327 g/mol. The smallest absolute Gasteiger partial charge is 0.252 e.